The zero-order valence-corrected chi connectivity index (χ0v) is 12.9. The molecule has 0 radical (unpaired) electrons. The zero-order valence-electron chi connectivity index (χ0n) is 12.0. The number of amides is 2. The molecule has 2 amide bonds. The van der Waals surface area contributed by atoms with Gasteiger partial charge in [0.2, 0.25) is 11.8 Å². The smallest absolute Gasteiger partial charge is 0.249 e. The van der Waals surface area contributed by atoms with Gasteiger partial charge in [-0.2, -0.15) is 12.6 Å². The lowest BCUT2D eigenvalue weighted by molar-refractivity contribution is -0.163. The number of nitrogens with one attached hydrogen (secondary N) is 1. The number of hydrogen-bond acceptors (Lipinski definition) is 4. The van der Waals surface area contributed by atoms with Gasteiger partial charge in [-0.1, -0.05) is 30.3 Å². The third kappa shape index (κ3) is 3.98. The number of carbonyl (C=O) groups excluding carboxylic acids is 2. The Balaban J connectivity index is 2.15. The Bertz CT molecular complexity index is 495. The molecule has 1 N–H and O–H groups in total. The summed E-state index contributed by atoms with van der Waals surface area (Å²) >= 11 is 4.08. The number of carbonyl (C=O) groups is 2. The second kappa shape index (κ2) is 7.47. The maximum absolute atomic E-state index is 12.3. The molecule has 0 saturated carbocycles. The predicted octanol–water partition coefficient (Wildman–Crippen LogP) is 0.848. The summed E-state index contributed by atoms with van der Waals surface area (Å²) in [5.74, 6) is 0.198. The summed E-state index contributed by atoms with van der Waals surface area (Å²) in [5, 5.41) is 2.78. The molecule has 0 unspecified atom stereocenters. The van der Waals surface area contributed by atoms with E-state index in [1.807, 2.05) is 37.3 Å². The third-order valence-electron chi connectivity index (χ3n) is 3.45. The molecule has 21 heavy (non-hydrogen) atoms. The van der Waals surface area contributed by atoms with Gasteiger partial charge in [0.1, 0.15) is 12.6 Å². The number of benzene rings is 1. The molecule has 2 atom stereocenters. The van der Waals surface area contributed by atoms with Crippen molar-refractivity contribution >= 4 is 24.4 Å². The van der Waals surface area contributed by atoms with Crippen molar-refractivity contribution in [2.75, 3.05) is 18.9 Å². The van der Waals surface area contributed by atoms with Crippen LogP contribution in [-0.4, -0.2) is 47.8 Å². The second-order valence-electron chi connectivity index (χ2n) is 4.98. The molecular formula is C15H20N2O3S. The van der Waals surface area contributed by atoms with E-state index in [0.29, 0.717) is 18.8 Å². The summed E-state index contributed by atoms with van der Waals surface area (Å²) in [6.07, 6.45) is -0.327. The normalized spacial score (nSPS) is 22.2. The van der Waals surface area contributed by atoms with Crippen LogP contribution >= 0.6 is 12.6 Å². The minimum Gasteiger partial charge on any atom is -0.366 e. The highest BCUT2D eigenvalue weighted by Gasteiger charge is 2.38. The highest BCUT2D eigenvalue weighted by Crippen LogP contribution is 2.18. The van der Waals surface area contributed by atoms with Gasteiger partial charge in [0, 0.05) is 18.8 Å². The summed E-state index contributed by atoms with van der Waals surface area (Å²) < 4.78 is 5.40. The van der Waals surface area contributed by atoms with Crippen LogP contribution in [0.5, 0.6) is 0 Å². The molecule has 0 aromatic heterocycles. The van der Waals surface area contributed by atoms with Gasteiger partial charge < -0.3 is 15.0 Å². The van der Waals surface area contributed by atoms with Gasteiger partial charge in [0.25, 0.3) is 0 Å². The van der Waals surface area contributed by atoms with E-state index in [1.54, 1.807) is 4.90 Å². The van der Waals surface area contributed by atoms with Crippen LogP contribution in [0, 0.1) is 0 Å². The summed E-state index contributed by atoms with van der Waals surface area (Å²) in [7, 11) is 0. The van der Waals surface area contributed by atoms with Gasteiger partial charge in [-0.25, -0.2) is 0 Å². The Morgan fingerprint density at radius 2 is 2.14 bits per heavy atom. The van der Waals surface area contributed by atoms with E-state index in [2.05, 4.69) is 17.9 Å². The van der Waals surface area contributed by atoms with Crippen molar-refractivity contribution in [2.45, 2.75) is 25.6 Å². The SMILES string of the molecule is C[C@H]1OCC(=O)N(Cc2ccccc2)[C@@H]1C(=O)NCCS. The fourth-order valence-electron chi connectivity index (χ4n) is 2.39. The van der Waals surface area contributed by atoms with Crippen LogP contribution in [0.15, 0.2) is 30.3 Å². The first-order valence-corrected chi connectivity index (χ1v) is 7.60. The lowest BCUT2D eigenvalue weighted by Gasteiger charge is -2.38. The van der Waals surface area contributed by atoms with Gasteiger partial charge >= 0.3 is 0 Å². The molecule has 0 spiro atoms. The summed E-state index contributed by atoms with van der Waals surface area (Å²) in [6.45, 7) is 2.71. The number of hydrogen-bond donors (Lipinski definition) is 2. The number of morpholine rings is 1. The number of ether oxygens (including phenoxy) is 1. The van der Waals surface area contributed by atoms with Crippen molar-refractivity contribution in [1.82, 2.24) is 10.2 Å². The van der Waals surface area contributed by atoms with Crippen molar-refractivity contribution in [3.63, 3.8) is 0 Å². The van der Waals surface area contributed by atoms with E-state index in [9.17, 15) is 9.59 Å². The molecule has 1 aromatic carbocycles. The second-order valence-corrected chi connectivity index (χ2v) is 5.43. The van der Waals surface area contributed by atoms with Crippen LogP contribution in [0.4, 0.5) is 0 Å². The molecule has 1 heterocycles. The van der Waals surface area contributed by atoms with Crippen LogP contribution in [-0.2, 0) is 20.9 Å². The quantitative estimate of drug-likeness (QED) is 0.793. The Kier molecular flexibility index (Phi) is 5.64. The Labute approximate surface area is 130 Å². The summed E-state index contributed by atoms with van der Waals surface area (Å²) in [4.78, 5) is 26.0. The number of nitrogens with zero attached hydrogens (tertiary/aromatic N) is 1. The first-order chi connectivity index (χ1) is 10.1. The van der Waals surface area contributed by atoms with Gasteiger partial charge in [-0.15, -0.1) is 0 Å². The molecule has 114 valence electrons. The number of thiol groups is 1. The van der Waals surface area contributed by atoms with E-state index >= 15 is 0 Å². The summed E-state index contributed by atoms with van der Waals surface area (Å²) in [6, 6.07) is 9.03. The first-order valence-electron chi connectivity index (χ1n) is 6.97. The topological polar surface area (TPSA) is 58.6 Å². The van der Waals surface area contributed by atoms with E-state index in [4.69, 9.17) is 4.74 Å². The van der Waals surface area contributed by atoms with Crippen molar-refractivity contribution in [3.05, 3.63) is 35.9 Å². The standard InChI is InChI=1S/C15H20N2O3S/c1-11-14(15(19)16-7-8-21)17(13(18)10-20-11)9-12-5-3-2-4-6-12/h2-6,11,14,21H,7-10H2,1H3,(H,16,19)/t11-,14+/m1/s1. The maximum Gasteiger partial charge on any atom is 0.249 e. The zero-order chi connectivity index (χ0) is 15.2. The molecule has 1 aromatic rings. The van der Waals surface area contributed by atoms with Crippen molar-refractivity contribution in [3.8, 4) is 0 Å². The highest BCUT2D eigenvalue weighted by molar-refractivity contribution is 7.80. The van der Waals surface area contributed by atoms with Crippen LogP contribution in [0.2, 0.25) is 0 Å². The Morgan fingerprint density at radius 1 is 1.43 bits per heavy atom. The molecule has 0 aliphatic carbocycles. The van der Waals surface area contributed by atoms with E-state index < -0.39 is 6.04 Å². The largest absolute Gasteiger partial charge is 0.366 e. The molecule has 5 nitrogen and oxygen atoms in total. The van der Waals surface area contributed by atoms with Crippen molar-refractivity contribution in [1.29, 1.82) is 0 Å². The van der Waals surface area contributed by atoms with Gasteiger partial charge in [0.15, 0.2) is 0 Å². The minimum atomic E-state index is -0.605. The van der Waals surface area contributed by atoms with Crippen molar-refractivity contribution < 1.29 is 14.3 Å². The van der Waals surface area contributed by atoms with Crippen LogP contribution < -0.4 is 5.32 Å². The fourth-order valence-corrected chi connectivity index (χ4v) is 2.50. The molecular weight excluding hydrogens is 288 g/mol. The lowest BCUT2D eigenvalue weighted by atomic mass is 10.1. The van der Waals surface area contributed by atoms with Gasteiger partial charge in [0.05, 0.1) is 6.10 Å². The Morgan fingerprint density at radius 3 is 2.81 bits per heavy atom. The highest BCUT2D eigenvalue weighted by atomic mass is 32.1. The average molecular weight is 308 g/mol. The molecule has 1 fully saturated rings. The van der Waals surface area contributed by atoms with Gasteiger partial charge in [-0.3, -0.25) is 9.59 Å². The monoisotopic (exact) mass is 308 g/mol. The predicted molar refractivity (Wildman–Crippen MR) is 83.1 cm³/mol. The molecule has 1 aliphatic heterocycles. The molecule has 2 rings (SSSR count). The van der Waals surface area contributed by atoms with E-state index in [1.165, 1.54) is 0 Å². The van der Waals surface area contributed by atoms with Crippen LogP contribution in [0.25, 0.3) is 0 Å². The van der Waals surface area contributed by atoms with Crippen LogP contribution in [0.1, 0.15) is 12.5 Å². The average Bonchev–Trinajstić information content (AvgIpc) is 2.50. The molecule has 1 saturated heterocycles. The van der Waals surface area contributed by atoms with E-state index in [0.717, 1.165) is 5.56 Å². The lowest BCUT2D eigenvalue weighted by Crippen LogP contribution is -2.59. The molecule has 6 heteroatoms. The van der Waals surface area contributed by atoms with Crippen LogP contribution in [0.3, 0.4) is 0 Å². The molecule has 1 aliphatic rings. The number of rotatable bonds is 5. The first kappa shape index (κ1) is 15.9. The summed E-state index contributed by atoms with van der Waals surface area (Å²) in [5.41, 5.74) is 0.993. The minimum absolute atomic E-state index is 0.0182. The van der Waals surface area contributed by atoms with Crippen molar-refractivity contribution in [2.24, 2.45) is 0 Å². The van der Waals surface area contributed by atoms with E-state index in [-0.39, 0.29) is 24.5 Å². The van der Waals surface area contributed by atoms with Gasteiger partial charge in [-0.05, 0) is 12.5 Å². The maximum atomic E-state index is 12.3. The molecule has 0 bridgehead atoms. The fraction of sp³-hybridized carbons (Fsp3) is 0.467. The Hall–Kier alpha value is -1.53. The third-order valence-corrected chi connectivity index (χ3v) is 3.67.